The van der Waals surface area contributed by atoms with Gasteiger partial charge in [0.05, 0.1) is 23.5 Å². The van der Waals surface area contributed by atoms with Crippen molar-refractivity contribution in [1.82, 2.24) is 15.0 Å². The molecule has 7 nitrogen and oxygen atoms in total. The number of aromatic carboxylic acids is 1. The Bertz CT molecular complexity index is 1450. The van der Waals surface area contributed by atoms with Crippen LogP contribution in [0.4, 0.5) is 0 Å². The van der Waals surface area contributed by atoms with Gasteiger partial charge in [-0.3, -0.25) is 9.98 Å². The number of fused-ring (bicyclic) bond motifs is 3. The normalized spacial score (nSPS) is 13.3. The van der Waals surface area contributed by atoms with Gasteiger partial charge in [0.2, 0.25) is 0 Å². The summed E-state index contributed by atoms with van der Waals surface area (Å²) in [6, 6.07) is 15.4. The zero-order chi connectivity index (χ0) is 23.8. The first-order chi connectivity index (χ1) is 16.4. The lowest BCUT2D eigenvalue weighted by Gasteiger charge is -2.15. The minimum atomic E-state index is -0.967. The maximum Gasteiger partial charge on any atom is 0.335 e. The van der Waals surface area contributed by atoms with Crippen LogP contribution in [-0.4, -0.2) is 36.8 Å². The van der Waals surface area contributed by atoms with Gasteiger partial charge in [0.25, 0.3) is 0 Å². The Morgan fingerprint density at radius 3 is 2.56 bits per heavy atom. The van der Waals surface area contributed by atoms with Crippen LogP contribution in [0.15, 0.2) is 72.0 Å². The summed E-state index contributed by atoms with van der Waals surface area (Å²) < 4.78 is 0. The van der Waals surface area contributed by atoms with E-state index in [1.54, 1.807) is 60.9 Å². The Kier molecular flexibility index (Phi) is 5.55. The first-order valence-electron chi connectivity index (χ1n) is 10.6. The van der Waals surface area contributed by atoms with E-state index in [4.69, 9.17) is 26.7 Å². The molecule has 0 amide bonds. The summed E-state index contributed by atoms with van der Waals surface area (Å²) >= 11 is 6.33. The van der Waals surface area contributed by atoms with Crippen molar-refractivity contribution in [2.24, 2.45) is 4.99 Å². The highest BCUT2D eigenvalue weighted by Gasteiger charge is 2.24. The highest BCUT2D eigenvalue weighted by molar-refractivity contribution is 6.31. The lowest BCUT2D eigenvalue weighted by molar-refractivity contribution is 0.0697. The molecule has 0 fully saturated rings. The summed E-state index contributed by atoms with van der Waals surface area (Å²) in [6.45, 7) is 2.29. The number of aromatic nitrogens is 3. The molecule has 0 saturated carbocycles. The van der Waals surface area contributed by atoms with Crippen LogP contribution < -0.4 is 0 Å². The van der Waals surface area contributed by atoms with Crippen molar-refractivity contribution < 1.29 is 15.0 Å². The lowest BCUT2D eigenvalue weighted by Crippen LogP contribution is -2.08. The van der Waals surface area contributed by atoms with Gasteiger partial charge in [0, 0.05) is 40.0 Å². The molecule has 0 aliphatic carbocycles. The molecule has 2 N–H and O–H groups in total. The van der Waals surface area contributed by atoms with E-state index < -0.39 is 5.97 Å². The minimum absolute atomic E-state index is 0.0309. The molecule has 4 aromatic rings. The summed E-state index contributed by atoms with van der Waals surface area (Å²) in [5.74, 6) is -0.493. The fraction of sp³-hybridized carbons (Fsp3) is 0.115. The quantitative estimate of drug-likeness (QED) is 0.429. The van der Waals surface area contributed by atoms with Crippen LogP contribution in [0.5, 0.6) is 5.75 Å². The number of benzene rings is 2. The molecule has 8 heteroatoms. The van der Waals surface area contributed by atoms with Crippen LogP contribution in [0, 0.1) is 0 Å². The van der Waals surface area contributed by atoms with E-state index in [0.29, 0.717) is 28.8 Å². The van der Waals surface area contributed by atoms with Crippen LogP contribution in [0.1, 0.15) is 51.4 Å². The van der Waals surface area contributed by atoms with E-state index in [0.717, 1.165) is 27.9 Å². The lowest BCUT2D eigenvalue weighted by atomic mass is 9.96. The van der Waals surface area contributed by atoms with E-state index in [9.17, 15) is 9.90 Å². The molecular weight excluding hydrogens is 452 g/mol. The number of hydrogen-bond donors (Lipinski definition) is 2. The van der Waals surface area contributed by atoms with Crippen molar-refractivity contribution in [3.05, 3.63) is 106 Å². The zero-order valence-electron chi connectivity index (χ0n) is 18.1. The number of rotatable bonds is 4. The molecule has 2 aromatic carbocycles. The maximum atomic E-state index is 11.2. The van der Waals surface area contributed by atoms with Crippen molar-refractivity contribution >= 4 is 23.3 Å². The standard InChI is InChI=1S/C26H19ClN4O3/c1-14(15-4-6-16(7-5-15)26(33)34)25-30-13-17-12-29-23(24-21(32)3-2-10-28-24)20-11-18(27)8-9-19(20)22(17)31-25/h2-11,13-14,32H,12H2,1H3,(H,33,34). The number of carboxylic acids is 1. The minimum Gasteiger partial charge on any atom is -0.506 e. The van der Waals surface area contributed by atoms with E-state index in [2.05, 4.69) is 9.97 Å². The smallest absolute Gasteiger partial charge is 0.335 e. The van der Waals surface area contributed by atoms with Crippen molar-refractivity contribution in [3.8, 4) is 17.0 Å². The number of carboxylic acid groups (broad SMARTS) is 1. The van der Waals surface area contributed by atoms with Gasteiger partial charge in [-0.15, -0.1) is 0 Å². The highest BCUT2D eigenvalue weighted by atomic mass is 35.5. The molecular formula is C26H19ClN4O3. The van der Waals surface area contributed by atoms with Gasteiger partial charge in [0.15, 0.2) is 0 Å². The van der Waals surface area contributed by atoms with Crippen LogP contribution in [0.25, 0.3) is 11.3 Å². The third-order valence-electron chi connectivity index (χ3n) is 5.84. The van der Waals surface area contributed by atoms with Crippen molar-refractivity contribution in [2.75, 3.05) is 0 Å². The van der Waals surface area contributed by atoms with Gasteiger partial charge < -0.3 is 10.2 Å². The molecule has 5 rings (SSSR count). The molecule has 1 aliphatic heterocycles. The summed E-state index contributed by atoms with van der Waals surface area (Å²) in [5, 5.41) is 20.1. The second kappa shape index (κ2) is 8.68. The first kappa shape index (κ1) is 21.7. The number of halogens is 1. The van der Waals surface area contributed by atoms with E-state index >= 15 is 0 Å². The van der Waals surface area contributed by atoms with Crippen LogP contribution in [0.3, 0.4) is 0 Å². The molecule has 2 aromatic heterocycles. The average molecular weight is 471 g/mol. The topological polar surface area (TPSA) is 109 Å². The monoisotopic (exact) mass is 470 g/mol. The van der Waals surface area contributed by atoms with Crippen molar-refractivity contribution in [3.63, 3.8) is 0 Å². The molecule has 0 saturated heterocycles. The second-order valence-electron chi connectivity index (χ2n) is 7.98. The van der Waals surface area contributed by atoms with Gasteiger partial charge in [-0.2, -0.15) is 0 Å². The number of aliphatic imine (C=N–C) groups is 1. The van der Waals surface area contributed by atoms with E-state index in [-0.39, 0.29) is 17.2 Å². The van der Waals surface area contributed by atoms with Crippen LogP contribution in [-0.2, 0) is 6.54 Å². The Morgan fingerprint density at radius 1 is 1.03 bits per heavy atom. The fourth-order valence-corrected chi connectivity index (χ4v) is 4.16. The molecule has 0 radical (unpaired) electrons. The van der Waals surface area contributed by atoms with E-state index in [1.165, 1.54) is 0 Å². The third-order valence-corrected chi connectivity index (χ3v) is 6.07. The SMILES string of the molecule is CC(c1ccc(C(=O)O)cc1)c1ncc2c(n1)-c1ccc(Cl)cc1C(c1ncccc1O)=NC2. The van der Waals surface area contributed by atoms with Gasteiger partial charge in [-0.1, -0.05) is 36.7 Å². The Hall–Kier alpha value is -4.10. The second-order valence-corrected chi connectivity index (χ2v) is 8.41. The summed E-state index contributed by atoms with van der Waals surface area (Å²) in [7, 11) is 0. The number of nitrogens with zero attached hydrogens (tertiary/aromatic N) is 4. The molecule has 3 heterocycles. The van der Waals surface area contributed by atoms with Gasteiger partial charge in [-0.25, -0.2) is 14.8 Å². The Labute approximate surface area is 200 Å². The van der Waals surface area contributed by atoms with Crippen molar-refractivity contribution in [1.29, 1.82) is 0 Å². The van der Waals surface area contributed by atoms with Crippen LogP contribution >= 0.6 is 11.6 Å². The Morgan fingerprint density at radius 2 is 1.82 bits per heavy atom. The van der Waals surface area contributed by atoms with Gasteiger partial charge >= 0.3 is 5.97 Å². The van der Waals surface area contributed by atoms with Gasteiger partial charge in [0.1, 0.15) is 17.3 Å². The molecule has 1 atom stereocenters. The third kappa shape index (κ3) is 3.91. The maximum absolute atomic E-state index is 11.2. The predicted octanol–water partition coefficient (Wildman–Crippen LogP) is 5.10. The number of pyridine rings is 1. The molecule has 34 heavy (non-hydrogen) atoms. The molecule has 0 spiro atoms. The predicted molar refractivity (Wildman–Crippen MR) is 129 cm³/mol. The van der Waals surface area contributed by atoms with Gasteiger partial charge in [-0.05, 0) is 42.0 Å². The highest BCUT2D eigenvalue weighted by Crippen LogP contribution is 2.35. The average Bonchev–Trinajstić information content (AvgIpc) is 3.00. The largest absolute Gasteiger partial charge is 0.506 e. The van der Waals surface area contributed by atoms with E-state index in [1.807, 2.05) is 13.0 Å². The summed E-state index contributed by atoms with van der Waals surface area (Å²) in [6.07, 6.45) is 3.37. The molecule has 168 valence electrons. The molecule has 1 unspecified atom stereocenters. The van der Waals surface area contributed by atoms with Crippen LogP contribution in [0.2, 0.25) is 5.02 Å². The molecule has 1 aliphatic rings. The summed E-state index contributed by atoms with van der Waals surface area (Å²) in [5.41, 5.74) is 5.16. The number of aromatic hydroxyl groups is 1. The Balaban J connectivity index is 1.61. The number of hydrogen-bond acceptors (Lipinski definition) is 6. The first-order valence-corrected chi connectivity index (χ1v) is 11.0. The number of carbonyl (C=O) groups is 1. The molecule has 0 bridgehead atoms. The fourth-order valence-electron chi connectivity index (χ4n) is 3.99. The van der Waals surface area contributed by atoms with Crippen molar-refractivity contribution in [2.45, 2.75) is 19.4 Å². The zero-order valence-corrected chi connectivity index (χ0v) is 18.9. The summed E-state index contributed by atoms with van der Waals surface area (Å²) in [4.78, 5) is 29.7.